The molecule has 1 aliphatic rings. The van der Waals surface area contributed by atoms with E-state index in [-0.39, 0.29) is 0 Å². The highest BCUT2D eigenvalue weighted by Crippen LogP contribution is 2.36. The Bertz CT molecular complexity index is 372. The molecule has 1 aromatic rings. The number of rotatable bonds is 4. The van der Waals surface area contributed by atoms with Gasteiger partial charge < -0.3 is 9.73 Å². The molecule has 1 N–H and O–H groups in total. The Morgan fingerprint density at radius 2 is 2.17 bits per heavy atom. The van der Waals surface area contributed by atoms with Crippen molar-refractivity contribution < 1.29 is 4.42 Å². The molecule has 0 amide bonds. The molecule has 1 aliphatic carbocycles. The van der Waals surface area contributed by atoms with Crippen LogP contribution < -0.4 is 5.32 Å². The van der Waals surface area contributed by atoms with Gasteiger partial charge in [-0.25, -0.2) is 4.98 Å². The first-order valence-electron chi connectivity index (χ1n) is 6.94. The fourth-order valence-electron chi connectivity index (χ4n) is 2.58. The number of aryl methyl sites for hydroxylation is 2. The lowest BCUT2D eigenvalue weighted by molar-refractivity contribution is 0.318. The fraction of sp³-hybridized carbons (Fsp3) is 0.786. The summed E-state index contributed by atoms with van der Waals surface area (Å²) in [5.41, 5.74) is 1.02. The highest BCUT2D eigenvalue weighted by atomic mass is 32.2. The molecule has 0 bridgehead atoms. The molecule has 0 aromatic carbocycles. The van der Waals surface area contributed by atoms with Crippen LogP contribution in [-0.4, -0.2) is 22.8 Å². The zero-order valence-corrected chi connectivity index (χ0v) is 12.6. The molecule has 3 atom stereocenters. The lowest BCUT2D eigenvalue weighted by Crippen LogP contribution is -2.42. The Balaban J connectivity index is 2.03. The molecule has 1 saturated carbocycles. The number of nitrogens with one attached hydrogen (secondary N) is 1. The minimum absolute atomic E-state index is 0.589. The van der Waals surface area contributed by atoms with Gasteiger partial charge in [-0.1, -0.05) is 25.6 Å². The summed E-state index contributed by atoms with van der Waals surface area (Å²) < 4.78 is 5.70. The monoisotopic (exact) mass is 268 g/mol. The highest BCUT2D eigenvalue weighted by molar-refractivity contribution is 7.99. The molecule has 1 heterocycles. The number of oxazole rings is 1. The average molecular weight is 268 g/mol. The summed E-state index contributed by atoms with van der Waals surface area (Å²) in [6, 6.07) is 0.601. The van der Waals surface area contributed by atoms with Crippen molar-refractivity contribution in [2.24, 2.45) is 5.92 Å². The van der Waals surface area contributed by atoms with Crippen LogP contribution in [0, 0.1) is 19.8 Å². The van der Waals surface area contributed by atoms with Gasteiger partial charge in [-0.2, -0.15) is 0 Å². The molecule has 0 spiro atoms. The highest BCUT2D eigenvalue weighted by Gasteiger charge is 2.30. The van der Waals surface area contributed by atoms with Gasteiger partial charge in [-0.3, -0.25) is 0 Å². The van der Waals surface area contributed by atoms with E-state index in [1.54, 1.807) is 0 Å². The molecular weight excluding hydrogens is 244 g/mol. The lowest BCUT2D eigenvalue weighted by Gasteiger charge is -2.34. The van der Waals surface area contributed by atoms with Crippen LogP contribution in [-0.2, 0) is 0 Å². The smallest absolute Gasteiger partial charge is 0.256 e. The summed E-state index contributed by atoms with van der Waals surface area (Å²) in [5, 5.41) is 5.04. The first-order valence-corrected chi connectivity index (χ1v) is 7.82. The zero-order valence-electron chi connectivity index (χ0n) is 11.8. The minimum Gasteiger partial charge on any atom is -0.437 e. The third-order valence-electron chi connectivity index (χ3n) is 3.78. The number of nitrogens with zero attached hydrogens (tertiary/aromatic N) is 1. The Kier molecular flexibility index (Phi) is 4.73. The predicted molar refractivity (Wildman–Crippen MR) is 76.1 cm³/mol. The molecule has 0 radical (unpaired) electrons. The van der Waals surface area contributed by atoms with Gasteiger partial charge in [0.1, 0.15) is 5.76 Å². The topological polar surface area (TPSA) is 38.1 Å². The zero-order chi connectivity index (χ0) is 13.1. The molecular formula is C14H24N2OS. The number of aromatic nitrogens is 1. The van der Waals surface area contributed by atoms with E-state index in [0.29, 0.717) is 11.3 Å². The third-order valence-corrected chi connectivity index (χ3v) is 4.98. The standard InChI is InChI=1S/C14H24N2OS/c1-5-15-12-7-6-9(2)8-13(12)18-14-16-10(3)11(4)17-14/h9,12-13,15H,5-8H2,1-4H3. The van der Waals surface area contributed by atoms with Crippen molar-refractivity contribution in [3.05, 3.63) is 11.5 Å². The van der Waals surface area contributed by atoms with E-state index >= 15 is 0 Å². The van der Waals surface area contributed by atoms with Crippen LogP contribution >= 0.6 is 11.8 Å². The van der Waals surface area contributed by atoms with Crippen molar-refractivity contribution in [3.8, 4) is 0 Å². The van der Waals surface area contributed by atoms with Gasteiger partial charge in [0.15, 0.2) is 0 Å². The van der Waals surface area contributed by atoms with Crippen LogP contribution in [0.5, 0.6) is 0 Å². The maximum absolute atomic E-state index is 5.70. The second kappa shape index (κ2) is 6.11. The van der Waals surface area contributed by atoms with Gasteiger partial charge in [0.25, 0.3) is 5.22 Å². The number of hydrogen-bond acceptors (Lipinski definition) is 4. The van der Waals surface area contributed by atoms with Crippen molar-refractivity contribution in [2.45, 2.75) is 63.5 Å². The van der Waals surface area contributed by atoms with Crippen molar-refractivity contribution in [1.29, 1.82) is 0 Å². The summed E-state index contributed by atoms with van der Waals surface area (Å²) in [6.45, 7) is 9.56. The first-order chi connectivity index (χ1) is 8.60. The van der Waals surface area contributed by atoms with Crippen molar-refractivity contribution in [3.63, 3.8) is 0 Å². The quantitative estimate of drug-likeness (QED) is 0.906. The van der Waals surface area contributed by atoms with Crippen molar-refractivity contribution in [2.75, 3.05) is 6.54 Å². The van der Waals surface area contributed by atoms with Crippen LogP contribution in [0.1, 0.15) is 44.6 Å². The van der Waals surface area contributed by atoms with E-state index in [1.807, 2.05) is 25.6 Å². The largest absolute Gasteiger partial charge is 0.437 e. The van der Waals surface area contributed by atoms with E-state index in [9.17, 15) is 0 Å². The summed E-state index contributed by atoms with van der Waals surface area (Å²) in [7, 11) is 0. The van der Waals surface area contributed by atoms with Gasteiger partial charge in [-0.05, 0) is 45.6 Å². The minimum atomic E-state index is 0.589. The van der Waals surface area contributed by atoms with Gasteiger partial charge in [0.05, 0.1) is 5.69 Å². The predicted octanol–water partition coefficient (Wildman–Crippen LogP) is 3.55. The second-order valence-corrected chi connectivity index (χ2v) is 6.55. The number of hydrogen-bond donors (Lipinski definition) is 1. The maximum Gasteiger partial charge on any atom is 0.256 e. The van der Waals surface area contributed by atoms with Gasteiger partial charge in [0.2, 0.25) is 0 Å². The second-order valence-electron chi connectivity index (χ2n) is 5.36. The summed E-state index contributed by atoms with van der Waals surface area (Å²) in [4.78, 5) is 4.49. The van der Waals surface area contributed by atoms with E-state index in [2.05, 4.69) is 24.1 Å². The fourth-order valence-corrected chi connectivity index (χ4v) is 4.02. The van der Waals surface area contributed by atoms with Gasteiger partial charge >= 0.3 is 0 Å². The van der Waals surface area contributed by atoms with E-state index in [4.69, 9.17) is 4.42 Å². The SMILES string of the molecule is CCNC1CCC(C)CC1Sc1nc(C)c(C)o1. The van der Waals surface area contributed by atoms with Crippen LogP contribution in [0.25, 0.3) is 0 Å². The normalized spacial score (nSPS) is 28.6. The molecule has 18 heavy (non-hydrogen) atoms. The van der Waals surface area contributed by atoms with E-state index in [1.165, 1.54) is 19.3 Å². The molecule has 2 rings (SSSR count). The Labute approximate surface area is 114 Å². The summed E-state index contributed by atoms with van der Waals surface area (Å²) >= 11 is 1.81. The molecule has 1 fully saturated rings. The maximum atomic E-state index is 5.70. The number of thioether (sulfide) groups is 1. The summed E-state index contributed by atoms with van der Waals surface area (Å²) in [5.74, 6) is 1.76. The molecule has 4 heteroatoms. The first kappa shape index (κ1) is 13.9. The average Bonchev–Trinajstić information content (AvgIpc) is 2.62. The molecule has 0 aliphatic heterocycles. The molecule has 1 aromatic heterocycles. The van der Waals surface area contributed by atoms with E-state index in [0.717, 1.165) is 29.1 Å². The molecule has 3 unspecified atom stereocenters. The van der Waals surface area contributed by atoms with Crippen molar-refractivity contribution >= 4 is 11.8 Å². The van der Waals surface area contributed by atoms with Gasteiger partial charge in [0, 0.05) is 11.3 Å². The molecule has 3 nitrogen and oxygen atoms in total. The lowest BCUT2D eigenvalue weighted by atomic mass is 9.87. The Morgan fingerprint density at radius 3 is 2.78 bits per heavy atom. The summed E-state index contributed by atoms with van der Waals surface area (Å²) in [6.07, 6.45) is 3.85. The molecule has 102 valence electrons. The van der Waals surface area contributed by atoms with Crippen molar-refractivity contribution in [1.82, 2.24) is 10.3 Å². The van der Waals surface area contributed by atoms with Crippen LogP contribution in [0.2, 0.25) is 0 Å². The van der Waals surface area contributed by atoms with Crippen LogP contribution in [0.4, 0.5) is 0 Å². The Morgan fingerprint density at radius 1 is 1.39 bits per heavy atom. The molecule has 0 saturated heterocycles. The van der Waals surface area contributed by atoms with Crippen LogP contribution in [0.3, 0.4) is 0 Å². The van der Waals surface area contributed by atoms with Crippen LogP contribution in [0.15, 0.2) is 9.64 Å². The van der Waals surface area contributed by atoms with Gasteiger partial charge in [-0.15, -0.1) is 0 Å². The third kappa shape index (κ3) is 3.29. The Hall–Kier alpha value is -0.480. The van der Waals surface area contributed by atoms with E-state index < -0.39 is 0 Å².